The zero-order valence-corrected chi connectivity index (χ0v) is 14.2. The molecule has 1 aromatic heterocycles. The Hall–Kier alpha value is -2.12. The molecule has 1 N–H and O–H groups in total. The van der Waals surface area contributed by atoms with Gasteiger partial charge >= 0.3 is 5.76 Å². The second kappa shape index (κ2) is 7.19. The highest BCUT2D eigenvalue weighted by molar-refractivity contribution is 5.97. The van der Waals surface area contributed by atoms with Crippen molar-refractivity contribution in [1.82, 2.24) is 19.7 Å². The van der Waals surface area contributed by atoms with Gasteiger partial charge in [-0.1, -0.05) is 0 Å². The number of carbonyl (C=O) groups excluding carboxylic acids is 1. The fourth-order valence-electron chi connectivity index (χ4n) is 3.00. The SMILES string of the molecule is CN(C)CCCn1c(=O)oc2ccc(C(=O)N3CCNCC3)cc21. The summed E-state index contributed by atoms with van der Waals surface area (Å²) in [5.74, 6) is -0.359. The number of fused-ring (bicyclic) bond motifs is 1. The molecule has 0 atom stereocenters. The van der Waals surface area contributed by atoms with Crippen molar-refractivity contribution >= 4 is 17.0 Å². The van der Waals surface area contributed by atoms with Gasteiger partial charge in [-0.2, -0.15) is 0 Å². The molecule has 1 aromatic carbocycles. The van der Waals surface area contributed by atoms with E-state index in [1.165, 1.54) is 0 Å². The van der Waals surface area contributed by atoms with Crippen LogP contribution in [0.4, 0.5) is 0 Å². The lowest BCUT2D eigenvalue weighted by atomic mass is 10.1. The molecule has 0 aliphatic carbocycles. The minimum atomic E-state index is -0.365. The van der Waals surface area contributed by atoms with Crippen LogP contribution in [0.1, 0.15) is 16.8 Å². The molecule has 1 aliphatic heterocycles. The lowest BCUT2D eigenvalue weighted by molar-refractivity contribution is 0.0736. The number of nitrogens with one attached hydrogen (secondary N) is 1. The normalized spacial score (nSPS) is 15.4. The smallest absolute Gasteiger partial charge is 0.408 e. The Kier molecular flexibility index (Phi) is 5.01. The molecule has 24 heavy (non-hydrogen) atoms. The minimum absolute atomic E-state index is 0.00638. The van der Waals surface area contributed by atoms with Crippen molar-refractivity contribution in [2.75, 3.05) is 46.8 Å². The van der Waals surface area contributed by atoms with Gasteiger partial charge in [0.25, 0.3) is 5.91 Å². The van der Waals surface area contributed by atoms with Gasteiger partial charge in [0.15, 0.2) is 5.58 Å². The van der Waals surface area contributed by atoms with Gasteiger partial charge in [0.05, 0.1) is 5.52 Å². The van der Waals surface area contributed by atoms with Gasteiger partial charge in [0, 0.05) is 38.3 Å². The summed E-state index contributed by atoms with van der Waals surface area (Å²) in [5.41, 5.74) is 1.83. The maximum absolute atomic E-state index is 12.6. The van der Waals surface area contributed by atoms with Gasteiger partial charge < -0.3 is 19.5 Å². The molecule has 1 fully saturated rings. The highest BCUT2D eigenvalue weighted by Crippen LogP contribution is 2.17. The number of oxazole rings is 1. The average molecular weight is 332 g/mol. The van der Waals surface area contributed by atoms with E-state index in [4.69, 9.17) is 4.42 Å². The van der Waals surface area contributed by atoms with Crippen molar-refractivity contribution in [1.29, 1.82) is 0 Å². The molecule has 130 valence electrons. The molecule has 7 heteroatoms. The van der Waals surface area contributed by atoms with Gasteiger partial charge in [-0.3, -0.25) is 9.36 Å². The Bertz CT molecular complexity index is 772. The highest BCUT2D eigenvalue weighted by atomic mass is 16.4. The van der Waals surface area contributed by atoms with E-state index in [0.29, 0.717) is 36.3 Å². The number of aryl methyl sites for hydroxylation is 1. The van der Waals surface area contributed by atoms with Crippen LogP contribution in [0.2, 0.25) is 0 Å². The second-order valence-electron chi connectivity index (χ2n) is 6.40. The summed E-state index contributed by atoms with van der Waals surface area (Å²) in [4.78, 5) is 28.6. The number of carbonyl (C=O) groups is 1. The predicted octanol–water partition coefficient (Wildman–Crippen LogP) is 0.592. The van der Waals surface area contributed by atoms with E-state index in [9.17, 15) is 9.59 Å². The molecule has 0 bridgehead atoms. The molecule has 0 radical (unpaired) electrons. The summed E-state index contributed by atoms with van der Waals surface area (Å²) in [5, 5.41) is 3.24. The van der Waals surface area contributed by atoms with Crippen LogP contribution in [0.3, 0.4) is 0 Å². The van der Waals surface area contributed by atoms with Crippen molar-refractivity contribution in [2.45, 2.75) is 13.0 Å². The maximum Gasteiger partial charge on any atom is 0.419 e. The monoisotopic (exact) mass is 332 g/mol. The number of piperazine rings is 1. The Morgan fingerprint density at radius 2 is 2.04 bits per heavy atom. The highest BCUT2D eigenvalue weighted by Gasteiger charge is 2.19. The number of benzene rings is 1. The number of aromatic nitrogens is 1. The summed E-state index contributed by atoms with van der Waals surface area (Å²) in [6.45, 7) is 4.51. The molecule has 0 unspecified atom stereocenters. The third-order valence-electron chi connectivity index (χ3n) is 4.31. The van der Waals surface area contributed by atoms with E-state index in [-0.39, 0.29) is 11.7 Å². The van der Waals surface area contributed by atoms with Crippen LogP contribution in [0, 0.1) is 0 Å². The average Bonchev–Trinajstić information content (AvgIpc) is 2.89. The number of hydrogen-bond donors (Lipinski definition) is 1. The van der Waals surface area contributed by atoms with E-state index in [1.807, 2.05) is 19.0 Å². The van der Waals surface area contributed by atoms with Gasteiger partial charge in [-0.25, -0.2) is 4.79 Å². The molecule has 1 saturated heterocycles. The first kappa shape index (κ1) is 16.7. The Morgan fingerprint density at radius 1 is 1.29 bits per heavy atom. The second-order valence-corrected chi connectivity index (χ2v) is 6.40. The fourth-order valence-corrected chi connectivity index (χ4v) is 3.00. The summed E-state index contributed by atoms with van der Waals surface area (Å²) in [6.07, 6.45) is 0.845. The first-order valence-electron chi connectivity index (χ1n) is 8.34. The standard InChI is InChI=1S/C17H24N4O3/c1-19(2)8-3-9-21-14-12-13(4-5-15(14)24-17(21)23)16(22)20-10-6-18-7-11-20/h4-5,12,18H,3,6-11H2,1-2H3. The predicted molar refractivity (Wildman–Crippen MR) is 92.4 cm³/mol. The van der Waals surface area contributed by atoms with Crippen LogP contribution in [-0.4, -0.2) is 67.1 Å². The molecule has 2 aromatic rings. The topological polar surface area (TPSA) is 70.7 Å². The van der Waals surface area contributed by atoms with Gasteiger partial charge in [0.1, 0.15) is 0 Å². The molecule has 0 saturated carbocycles. The third kappa shape index (κ3) is 3.52. The zero-order chi connectivity index (χ0) is 17.1. The first-order valence-corrected chi connectivity index (χ1v) is 8.34. The molecular weight excluding hydrogens is 308 g/mol. The van der Waals surface area contributed by atoms with Gasteiger partial charge in [-0.15, -0.1) is 0 Å². The van der Waals surface area contributed by atoms with E-state index < -0.39 is 0 Å². The Balaban J connectivity index is 1.85. The summed E-state index contributed by atoms with van der Waals surface area (Å²) >= 11 is 0. The van der Waals surface area contributed by atoms with Crippen molar-refractivity contribution in [3.05, 3.63) is 34.3 Å². The Labute approximate surface area is 140 Å². The van der Waals surface area contributed by atoms with E-state index in [0.717, 1.165) is 26.1 Å². The number of rotatable bonds is 5. The van der Waals surface area contributed by atoms with E-state index >= 15 is 0 Å². The number of amides is 1. The number of nitrogens with zero attached hydrogens (tertiary/aromatic N) is 3. The van der Waals surface area contributed by atoms with E-state index in [2.05, 4.69) is 10.2 Å². The summed E-state index contributed by atoms with van der Waals surface area (Å²) in [6, 6.07) is 5.23. The third-order valence-corrected chi connectivity index (χ3v) is 4.31. The van der Waals surface area contributed by atoms with Crippen molar-refractivity contribution in [3.63, 3.8) is 0 Å². The molecule has 1 aliphatic rings. The Morgan fingerprint density at radius 3 is 2.75 bits per heavy atom. The maximum atomic E-state index is 12.6. The fraction of sp³-hybridized carbons (Fsp3) is 0.529. The van der Waals surface area contributed by atoms with Crippen LogP contribution in [0.25, 0.3) is 11.1 Å². The van der Waals surface area contributed by atoms with Crippen LogP contribution in [0.15, 0.2) is 27.4 Å². The van der Waals surface area contributed by atoms with Gasteiger partial charge in [0.2, 0.25) is 0 Å². The van der Waals surface area contributed by atoms with Crippen molar-refractivity contribution in [2.24, 2.45) is 0 Å². The molecular formula is C17H24N4O3. The van der Waals surface area contributed by atoms with Crippen molar-refractivity contribution in [3.8, 4) is 0 Å². The summed E-state index contributed by atoms with van der Waals surface area (Å²) < 4.78 is 6.91. The van der Waals surface area contributed by atoms with Crippen LogP contribution < -0.4 is 11.1 Å². The van der Waals surface area contributed by atoms with Crippen LogP contribution >= 0.6 is 0 Å². The van der Waals surface area contributed by atoms with Gasteiger partial charge in [-0.05, 0) is 45.3 Å². The molecule has 2 heterocycles. The molecule has 7 nitrogen and oxygen atoms in total. The molecule has 1 amide bonds. The first-order chi connectivity index (χ1) is 11.6. The van der Waals surface area contributed by atoms with E-state index in [1.54, 1.807) is 22.8 Å². The lowest BCUT2D eigenvalue weighted by Gasteiger charge is -2.27. The zero-order valence-electron chi connectivity index (χ0n) is 14.2. The number of hydrogen-bond acceptors (Lipinski definition) is 5. The molecule has 3 rings (SSSR count). The van der Waals surface area contributed by atoms with Crippen LogP contribution in [0.5, 0.6) is 0 Å². The van der Waals surface area contributed by atoms with Crippen LogP contribution in [-0.2, 0) is 6.54 Å². The minimum Gasteiger partial charge on any atom is -0.408 e. The summed E-state index contributed by atoms with van der Waals surface area (Å²) in [7, 11) is 4.00. The molecule has 0 spiro atoms. The lowest BCUT2D eigenvalue weighted by Crippen LogP contribution is -2.46. The quantitative estimate of drug-likeness (QED) is 0.868. The largest absolute Gasteiger partial charge is 0.419 e. The van der Waals surface area contributed by atoms with Crippen molar-refractivity contribution < 1.29 is 9.21 Å².